The first-order valence-corrected chi connectivity index (χ1v) is 3.51. The van der Waals surface area contributed by atoms with Gasteiger partial charge in [-0.3, -0.25) is 9.78 Å². The summed E-state index contributed by atoms with van der Waals surface area (Å²) in [6.07, 6.45) is 2.36. The summed E-state index contributed by atoms with van der Waals surface area (Å²) in [6, 6.07) is 0. The highest BCUT2D eigenvalue weighted by molar-refractivity contribution is 6.08. The molecule has 1 aromatic heterocycles. The van der Waals surface area contributed by atoms with Gasteiger partial charge in [-0.25, -0.2) is 4.79 Å². The number of anilines is 1. The van der Waals surface area contributed by atoms with Crippen molar-refractivity contribution in [2.24, 2.45) is 0 Å². The quantitative estimate of drug-likeness (QED) is 0.648. The number of carbonyl (C=O) groups is 2. The first kappa shape index (κ1) is 9.18. The second-order valence-corrected chi connectivity index (χ2v) is 2.51. The number of carbonyl (C=O) groups excluding carboxylic acids is 1. The second-order valence-electron chi connectivity index (χ2n) is 2.51. The van der Waals surface area contributed by atoms with Gasteiger partial charge in [0, 0.05) is 6.20 Å². The molecule has 0 aliphatic heterocycles. The number of pyridine rings is 1. The van der Waals surface area contributed by atoms with Gasteiger partial charge in [0.15, 0.2) is 5.78 Å². The number of nitrogen functional groups attached to an aromatic ring is 1. The average Bonchev–Trinajstić information content (AvgIpc) is 2.02. The number of carboxylic acids is 1. The van der Waals surface area contributed by atoms with Gasteiger partial charge in [0.2, 0.25) is 0 Å². The Balaban J connectivity index is 3.43. The zero-order valence-corrected chi connectivity index (χ0v) is 6.94. The summed E-state index contributed by atoms with van der Waals surface area (Å²) in [5.41, 5.74) is 5.36. The van der Waals surface area contributed by atoms with Crippen LogP contribution in [-0.2, 0) is 0 Å². The fourth-order valence-electron chi connectivity index (χ4n) is 1.03. The van der Waals surface area contributed by atoms with E-state index in [4.69, 9.17) is 10.8 Å². The number of aromatic nitrogens is 1. The van der Waals surface area contributed by atoms with E-state index >= 15 is 0 Å². The normalized spacial score (nSPS) is 9.62. The molecule has 0 fully saturated rings. The third kappa shape index (κ3) is 1.64. The van der Waals surface area contributed by atoms with Crippen molar-refractivity contribution in [2.75, 3.05) is 5.73 Å². The van der Waals surface area contributed by atoms with Crippen LogP contribution in [0.4, 0.5) is 5.69 Å². The lowest BCUT2D eigenvalue weighted by Crippen LogP contribution is -2.10. The summed E-state index contributed by atoms with van der Waals surface area (Å²) < 4.78 is 0. The zero-order chi connectivity index (χ0) is 10.0. The van der Waals surface area contributed by atoms with Gasteiger partial charge in [0.05, 0.1) is 23.0 Å². The molecule has 0 spiro atoms. The summed E-state index contributed by atoms with van der Waals surface area (Å²) in [6.45, 7) is 1.26. The smallest absolute Gasteiger partial charge is 0.338 e. The van der Waals surface area contributed by atoms with Crippen molar-refractivity contribution in [3.63, 3.8) is 0 Å². The molecule has 0 amide bonds. The number of nitrogens with zero attached hydrogens (tertiary/aromatic N) is 1. The van der Waals surface area contributed by atoms with E-state index in [9.17, 15) is 9.59 Å². The van der Waals surface area contributed by atoms with Crippen LogP contribution < -0.4 is 5.73 Å². The van der Waals surface area contributed by atoms with E-state index in [0.29, 0.717) is 0 Å². The molecule has 0 bridgehead atoms. The Kier molecular flexibility index (Phi) is 2.27. The number of hydrogen-bond donors (Lipinski definition) is 2. The highest BCUT2D eigenvalue weighted by Gasteiger charge is 2.16. The monoisotopic (exact) mass is 180 g/mol. The number of rotatable bonds is 2. The van der Waals surface area contributed by atoms with Gasteiger partial charge >= 0.3 is 5.97 Å². The average molecular weight is 180 g/mol. The Morgan fingerprint density at radius 2 is 2.08 bits per heavy atom. The van der Waals surface area contributed by atoms with Gasteiger partial charge in [-0.05, 0) is 6.92 Å². The van der Waals surface area contributed by atoms with Gasteiger partial charge in [-0.15, -0.1) is 0 Å². The number of ketones is 1. The van der Waals surface area contributed by atoms with E-state index in [2.05, 4.69) is 4.98 Å². The number of nitrogens with two attached hydrogens (primary N) is 1. The van der Waals surface area contributed by atoms with E-state index < -0.39 is 5.97 Å². The topological polar surface area (TPSA) is 93.3 Å². The highest BCUT2D eigenvalue weighted by Crippen LogP contribution is 2.15. The number of Topliss-reactive ketones (excluding diaryl/α,β-unsaturated/α-hetero) is 1. The van der Waals surface area contributed by atoms with Crippen LogP contribution in [-0.4, -0.2) is 21.8 Å². The van der Waals surface area contributed by atoms with E-state index in [1.54, 1.807) is 0 Å². The van der Waals surface area contributed by atoms with E-state index in [0.717, 1.165) is 6.20 Å². The van der Waals surface area contributed by atoms with Crippen molar-refractivity contribution in [3.8, 4) is 0 Å². The molecule has 0 saturated heterocycles. The lowest BCUT2D eigenvalue weighted by atomic mass is 10.1. The molecular formula is C8H8N2O3. The minimum Gasteiger partial charge on any atom is -0.478 e. The summed E-state index contributed by atoms with van der Waals surface area (Å²) in [4.78, 5) is 25.2. The predicted octanol–water partition coefficient (Wildman–Crippen LogP) is 0.565. The van der Waals surface area contributed by atoms with Crippen LogP contribution in [0.25, 0.3) is 0 Å². The van der Waals surface area contributed by atoms with Crippen molar-refractivity contribution in [3.05, 3.63) is 23.5 Å². The fraction of sp³-hybridized carbons (Fsp3) is 0.125. The molecule has 0 aromatic carbocycles. The Hall–Kier alpha value is -1.91. The van der Waals surface area contributed by atoms with Crippen molar-refractivity contribution in [1.29, 1.82) is 0 Å². The number of carboxylic acid groups (broad SMARTS) is 1. The van der Waals surface area contributed by atoms with E-state index in [1.165, 1.54) is 13.1 Å². The first-order valence-electron chi connectivity index (χ1n) is 3.51. The molecule has 13 heavy (non-hydrogen) atoms. The summed E-state index contributed by atoms with van der Waals surface area (Å²) in [5, 5.41) is 8.69. The van der Waals surface area contributed by atoms with Crippen molar-refractivity contribution in [1.82, 2.24) is 4.98 Å². The van der Waals surface area contributed by atoms with Crippen LogP contribution in [0.15, 0.2) is 12.4 Å². The predicted molar refractivity (Wildman–Crippen MR) is 45.6 cm³/mol. The van der Waals surface area contributed by atoms with Crippen LogP contribution in [0, 0.1) is 0 Å². The SMILES string of the molecule is CC(=O)c1c(N)cncc1C(=O)O. The zero-order valence-electron chi connectivity index (χ0n) is 6.94. The molecule has 5 heteroatoms. The molecule has 1 aromatic rings. The molecule has 5 nitrogen and oxygen atoms in total. The van der Waals surface area contributed by atoms with Gasteiger partial charge in [-0.1, -0.05) is 0 Å². The molecule has 0 aliphatic rings. The summed E-state index contributed by atoms with van der Waals surface area (Å²) >= 11 is 0. The van der Waals surface area contributed by atoms with E-state index in [-0.39, 0.29) is 22.6 Å². The Bertz CT molecular complexity index is 374. The van der Waals surface area contributed by atoms with Crippen molar-refractivity contribution >= 4 is 17.4 Å². The molecule has 0 saturated carbocycles. The Labute approximate surface area is 74.2 Å². The van der Waals surface area contributed by atoms with Gasteiger partial charge in [-0.2, -0.15) is 0 Å². The first-order chi connectivity index (χ1) is 6.04. The molecule has 3 N–H and O–H groups in total. The lowest BCUT2D eigenvalue weighted by molar-refractivity contribution is 0.0692. The van der Waals surface area contributed by atoms with Crippen LogP contribution in [0.3, 0.4) is 0 Å². The molecule has 1 rings (SSSR count). The molecule has 1 heterocycles. The molecule has 68 valence electrons. The molecular weight excluding hydrogens is 172 g/mol. The molecule has 0 atom stereocenters. The molecule has 0 aliphatic carbocycles. The second kappa shape index (κ2) is 3.22. The van der Waals surface area contributed by atoms with Crippen LogP contribution in [0.1, 0.15) is 27.6 Å². The van der Waals surface area contributed by atoms with Crippen LogP contribution in [0.5, 0.6) is 0 Å². The summed E-state index contributed by atoms with van der Waals surface area (Å²) in [5.74, 6) is -1.58. The number of aromatic carboxylic acids is 1. The van der Waals surface area contributed by atoms with E-state index in [1.807, 2.05) is 0 Å². The maximum atomic E-state index is 11.0. The van der Waals surface area contributed by atoms with Crippen LogP contribution >= 0.6 is 0 Å². The summed E-state index contributed by atoms with van der Waals surface area (Å²) in [7, 11) is 0. The van der Waals surface area contributed by atoms with Crippen molar-refractivity contribution in [2.45, 2.75) is 6.92 Å². The highest BCUT2D eigenvalue weighted by atomic mass is 16.4. The lowest BCUT2D eigenvalue weighted by Gasteiger charge is -2.03. The number of hydrogen-bond acceptors (Lipinski definition) is 4. The minimum atomic E-state index is -1.20. The largest absolute Gasteiger partial charge is 0.478 e. The molecule has 0 unspecified atom stereocenters. The third-order valence-electron chi connectivity index (χ3n) is 1.56. The van der Waals surface area contributed by atoms with Crippen LogP contribution in [0.2, 0.25) is 0 Å². The standard InChI is InChI=1S/C8H8N2O3/c1-4(11)7-5(8(12)13)2-10-3-6(7)9/h2-3H,9H2,1H3,(H,12,13). The minimum absolute atomic E-state index is 0.0162. The van der Waals surface area contributed by atoms with Crippen molar-refractivity contribution < 1.29 is 14.7 Å². The van der Waals surface area contributed by atoms with Gasteiger partial charge in [0.1, 0.15) is 0 Å². The van der Waals surface area contributed by atoms with Gasteiger partial charge in [0.25, 0.3) is 0 Å². The maximum Gasteiger partial charge on any atom is 0.338 e. The Morgan fingerprint density at radius 1 is 1.46 bits per heavy atom. The maximum absolute atomic E-state index is 11.0. The third-order valence-corrected chi connectivity index (χ3v) is 1.56. The molecule has 0 radical (unpaired) electrons. The Morgan fingerprint density at radius 3 is 2.46 bits per heavy atom. The fourth-order valence-corrected chi connectivity index (χ4v) is 1.03. The van der Waals surface area contributed by atoms with Gasteiger partial charge < -0.3 is 10.8 Å².